The second-order valence-corrected chi connectivity index (χ2v) is 8.47. The summed E-state index contributed by atoms with van der Waals surface area (Å²) in [5.41, 5.74) is 3.55. The number of aromatic nitrogens is 2. The molecule has 1 aliphatic rings. The van der Waals surface area contributed by atoms with Gasteiger partial charge in [-0.2, -0.15) is 0 Å². The number of esters is 1. The maximum atomic E-state index is 13.1. The van der Waals surface area contributed by atoms with Crippen LogP contribution >= 0.6 is 0 Å². The Morgan fingerprint density at radius 1 is 0.972 bits per heavy atom. The molecule has 4 aromatic rings. The highest BCUT2D eigenvalue weighted by molar-refractivity contribution is 5.95. The third-order valence-electron chi connectivity index (χ3n) is 6.23. The van der Waals surface area contributed by atoms with E-state index >= 15 is 0 Å². The lowest BCUT2D eigenvalue weighted by molar-refractivity contribution is -0.134. The molecule has 5 rings (SSSR count). The van der Waals surface area contributed by atoms with Crippen molar-refractivity contribution in [2.45, 2.75) is 0 Å². The number of hydrogen-bond donors (Lipinski definition) is 1. The number of ether oxygens (including phenoxy) is 2. The Morgan fingerprint density at radius 2 is 1.69 bits per heavy atom. The summed E-state index contributed by atoms with van der Waals surface area (Å²) in [6.45, 7) is 1.92. The van der Waals surface area contributed by atoms with E-state index in [1.165, 1.54) is 12.1 Å². The van der Waals surface area contributed by atoms with Crippen LogP contribution in [-0.4, -0.2) is 66.6 Å². The average molecular weight is 489 g/mol. The quantitative estimate of drug-likeness (QED) is 0.415. The smallest absolute Gasteiger partial charge is 0.338 e. The van der Waals surface area contributed by atoms with Gasteiger partial charge in [0.2, 0.25) is 0 Å². The molecule has 1 amide bonds. The SMILES string of the molecule is COc1ccc(-c2nc3ccc(C(=O)OCC(=O)N4CCN(c5ccc(F)cc5)CC4)cc3[nH]2)cc1. The fourth-order valence-corrected chi connectivity index (χ4v) is 4.19. The lowest BCUT2D eigenvalue weighted by Crippen LogP contribution is -2.49. The zero-order valence-corrected chi connectivity index (χ0v) is 19.7. The number of halogens is 1. The van der Waals surface area contributed by atoms with Crippen LogP contribution in [-0.2, 0) is 9.53 Å². The van der Waals surface area contributed by atoms with Gasteiger partial charge in [0.25, 0.3) is 5.91 Å². The number of carbonyl (C=O) groups excluding carboxylic acids is 2. The van der Waals surface area contributed by atoms with Crippen LogP contribution in [0.5, 0.6) is 5.75 Å². The number of aromatic amines is 1. The van der Waals surface area contributed by atoms with Crippen molar-refractivity contribution in [2.75, 3.05) is 44.8 Å². The first-order chi connectivity index (χ1) is 17.5. The maximum Gasteiger partial charge on any atom is 0.338 e. The molecule has 0 radical (unpaired) electrons. The standard InChI is InChI=1S/C27H25FN4O4/c1-35-22-9-2-18(3-10-22)26-29-23-11-4-19(16-24(23)30-26)27(34)36-17-25(33)32-14-12-31(13-15-32)21-7-5-20(28)6-8-21/h2-11,16H,12-15,17H2,1H3,(H,29,30). The molecule has 0 aliphatic carbocycles. The molecule has 1 N–H and O–H groups in total. The van der Waals surface area contributed by atoms with E-state index in [2.05, 4.69) is 14.9 Å². The number of rotatable bonds is 6. The van der Waals surface area contributed by atoms with Crippen molar-refractivity contribution in [3.63, 3.8) is 0 Å². The molecule has 0 saturated carbocycles. The van der Waals surface area contributed by atoms with Gasteiger partial charge in [0.05, 0.1) is 23.7 Å². The van der Waals surface area contributed by atoms with E-state index in [9.17, 15) is 14.0 Å². The van der Waals surface area contributed by atoms with Crippen LogP contribution in [0, 0.1) is 5.82 Å². The number of nitrogens with zero attached hydrogens (tertiary/aromatic N) is 3. The molecule has 0 bridgehead atoms. The van der Waals surface area contributed by atoms with Gasteiger partial charge in [-0.1, -0.05) is 0 Å². The second kappa shape index (κ2) is 10.1. The number of carbonyl (C=O) groups is 2. The van der Waals surface area contributed by atoms with E-state index in [0.717, 1.165) is 17.0 Å². The monoisotopic (exact) mass is 488 g/mol. The number of H-pyrrole nitrogens is 1. The van der Waals surface area contributed by atoms with E-state index in [4.69, 9.17) is 9.47 Å². The van der Waals surface area contributed by atoms with Crippen LogP contribution in [0.15, 0.2) is 66.7 Å². The van der Waals surface area contributed by atoms with E-state index in [1.54, 1.807) is 42.3 Å². The molecule has 9 heteroatoms. The molecule has 1 aromatic heterocycles. The summed E-state index contributed by atoms with van der Waals surface area (Å²) in [7, 11) is 1.61. The molecule has 8 nitrogen and oxygen atoms in total. The lowest BCUT2D eigenvalue weighted by atomic mass is 10.2. The minimum Gasteiger partial charge on any atom is -0.497 e. The molecule has 0 unspecified atom stereocenters. The zero-order chi connectivity index (χ0) is 25.1. The van der Waals surface area contributed by atoms with E-state index in [0.29, 0.717) is 48.6 Å². The van der Waals surface area contributed by atoms with E-state index in [-0.39, 0.29) is 18.3 Å². The van der Waals surface area contributed by atoms with Crippen molar-refractivity contribution in [2.24, 2.45) is 0 Å². The number of fused-ring (bicyclic) bond motifs is 1. The Bertz CT molecular complexity index is 1380. The van der Waals surface area contributed by atoms with Crippen LogP contribution in [0.25, 0.3) is 22.4 Å². The largest absolute Gasteiger partial charge is 0.497 e. The van der Waals surface area contributed by atoms with Crippen molar-refractivity contribution >= 4 is 28.6 Å². The number of methoxy groups -OCH3 is 1. The Kier molecular flexibility index (Phi) is 6.53. The molecular weight excluding hydrogens is 463 g/mol. The van der Waals surface area contributed by atoms with E-state index in [1.807, 2.05) is 24.3 Å². The average Bonchev–Trinajstić information content (AvgIpc) is 3.35. The molecule has 36 heavy (non-hydrogen) atoms. The van der Waals surface area contributed by atoms with Crippen LogP contribution in [0.1, 0.15) is 10.4 Å². The minimum absolute atomic E-state index is 0.244. The molecule has 2 heterocycles. The highest BCUT2D eigenvalue weighted by Gasteiger charge is 2.22. The molecule has 1 fully saturated rings. The first-order valence-electron chi connectivity index (χ1n) is 11.6. The van der Waals surface area contributed by atoms with Crippen LogP contribution in [0.3, 0.4) is 0 Å². The molecule has 0 atom stereocenters. The van der Waals surface area contributed by atoms with Gasteiger partial charge in [-0.25, -0.2) is 14.2 Å². The van der Waals surface area contributed by atoms with Gasteiger partial charge in [-0.15, -0.1) is 0 Å². The summed E-state index contributed by atoms with van der Waals surface area (Å²) < 4.78 is 23.6. The number of hydrogen-bond acceptors (Lipinski definition) is 6. The summed E-state index contributed by atoms with van der Waals surface area (Å²) >= 11 is 0. The predicted molar refractivity (Wildman–Crippen MR) is 134 cm³/mol. The first kappa shape index (κ1) is 23.3. The Hall–Kier alpha value is -4.40. The molecule has 0 spiro atoms. The van der Waals surface area contributed by atoms with Crippen molar-refractivity contribution < 1.29 is 23.5 Å². The Morgan fingerprint density at radius 3 is 2.39 bits per heavy atom. The number of amides is 1. The number of benzene rings is 3. The summed E-state index contributed by atoms with van der Waals surface area (Å²) in [6.07, 6.45) is 0. The van der Waals surface area contributed by atoms with Crippen LogP contribution < -0.4 is 9.64 Å². The first-order valence-corrected chi connectivity index (χ1v) is 11.6. The topological polar surface area (TPSA) is 87.8 Å². The van der Waals surface area contributed by atoms with Crippen molar-refractivity contribution in [1.29, 1.82) is 0 Å². The summed E-state index contributed by atoms with van der Waals surface area (Å²) in [6, 6.07) is 18.9. The molecule has 3 aromatic carbocycles. The summed E-state index contributed by atoms with van der Waals surface area (Å²) in [5, 5.41) is 0. The Balaban J connectivity index is 1.16. The molecule has 1 saturated heterocycles. The van der Waals surface area contributed by atoms with Gasteiger partial charge in [-0.05, 0) is 66.7 Å². The van der Waals surface area contributed by atoms with Gasteiger partial charge in [-0.3, -0.25) is 4.79 Å². The number of piperazine rings is 1. The predicted octanol–water partition coefficient (Wildman–Crippen LogP) is 3.88. The third kappa shape index (κ3) is 5.00. The molecular formula is C27H25FN4O4. The summed E-state index contributed by atoms with van der Waals surface area (Å²) in [4.78, 5) is 36.8. The number of nitrogens with one attached hydrogen (secondary N) is 1. The maximum absolute atomic E-state index is 13.1. The fraction of sp³-hybridized carbons (Fsp3) is 0.222. The molecule has 184 valence electrons. The zero-order valence-electron chi connectivity index (χ0n) is 19.7. The molecule has 1 aliphatic heterocycles. The highest BCUT2D eigenvalue weighted by atomic mass is 19.1. The minimum atomic E-state index is -0.573. The van der Waals surface area contributed by atoms with Crippen LogP contribution in [0.4, 0.5) is 10.1 Å². The van der Waals surface area contributed by atoms with Gasteiger partial charge in [0.1, 0.15) is 17.4 Å². The van der Waals surface area contributed by atoms with Gasteiger partial charge in [0, 0.05) is 37.4 Å². The lowest BCUT2D eigenvalue weighted by Gasteiger charge is -2.36. The third-order valence-corrected chi connectivity index (χ3v) is 6.23. The highest BCUT2D eigenvalue weighted by Crippen LogP contribution is 2.24. The summed E-state index contributed by atoms with van der Waals surface area (Å²) in [5.74, 6) is 0.332. The van der Waals surface area contributed by atoms with Crippen molar-refractivity contribution in [3.05, 3.63) is 78.1 Å². The van der Waals surface area contributed by atoms with Crippen molar-refractivity contribution in [3.8, 4) is 17.1 Å². The second-order valence-electron chi connectivity index (χ2n) is 8.47. The van der Waals surface area contributed by atoms with E-state index < -0.39 is 5.97 Å². The van der Waals surface area contributed by atoms with Crippen molar-refractivity contribution in [1.82, 2.24) is 14.9 Å². The fourth-order valence-electron chi connectivity index (χ4n) is 4.19. The van der Waals surface area contributed by atoms with Gasteiger partial charge in [0.15, 0.2) is 6.61 Å². The van der Waals surface area contributed by atoms with Gasteiger partial charge >= 0.3 is 5.97 Å². The Labute approximate surface area is 207 Å². The van der Waals surface area contributed by atoms with Crippen LogP contribution in [0.2, 0.25) is 0 Å². The number of anilines is 1. The normalized spacial score (nSPS) is 13.6. The number of imidazole rings is 1. The van der Waals surface area contributed by atoms with Gasteiger partial charge < -0.3 is 24.3 Å².